The first-order valence-corrected chi connectivity index (χ1v) is 10.7. The van der Waals surface area contributed by atoms with Gasteiger partial charge in [0.15, 0.2) is 0 Å². The monoisotopic (exact) mass is 401 g/mol. The van der Waals surface area contributed by atoms with Crippen molar-refractivity contribution in [3.8, 4) is 5.69 Å². The molecule has 4 aromatic heterocycles. The maximum atomic E-state index is 4.75. The summed E-state index contributed by atoms with van der Waals surface area (Å²) in [7, 11) is 0. The zero-order chi connectivity index (χ0) is 19.7. The Morgan fingerprint density at radius 2 is 1.63 bits per heavy atom. The highest BCUT2D eigenvalue weighted by atomic mass is 32.1. The van der Waals surface area contributed by atoms with Crippen LogP contribution in [0.3, 0.4) is 0 Å². The zero-order valence-corrected chi connectivity index (χ0v) is 16.7. The summed E-state index contributed by atoms with van der Waals surface area (Å²) in [6.07, 6.45) is 3.85. The lowest BCUT2D eigenvalue weighted by molar-refractivity contribution is 1.16. The van der Waals surface area contributed by atoms with E-state index in [4.69, 9.17) is 9.97 Å². The number of hydrogen-bond acceptors (Lipinski definition) is 3. The van der Waals surface area contributed by atoms with Gasteiger partial charge >= 0.3 is 0 Å². The zero-order valence-electron chi connectivity index (χ0n) is 15.9. The van der Waals surface area contributed by atoms with Crippen molar-refractivity contribution in [2.45, 2.75) is 0 Å². The molecule has 0 aliphatic heterocycles. The molecule has 0 radical (unpaired) electrons. The summed E-state index contributed by atoms with van der Waals surface area (Å²) >= 11 is 1.84. The Bertz CT molecular complexity index is 1760. The first-order valence-electron chi connectivity index (χ1n) is 9.93. The van der Waals surface area contributed by atoms with Gasteiger partial charge in [-0.3, -0.25) is 9.97 Å². The molecule has 0 unspecified atom stereocenters. The molecule has 0 fully saturated rings. The van der Waals surface area contributed by atoms with Crippen LogP contribution in [0.25, 0.3) is 58.7 Å². The molecule has 3 nitrogen and oxygen atoms in total. The first kappa shape index (κ1) is 16.1. The molecular formula is C26H15N3S. The van der Waals surface area contributed by atoms with E-state index in [1.807, 2.05) is 35.9 Å². The molecule has 0 atom stereocenters. The molecule has 7 aromatic rings. The summed E-state index contributed by atoms with van der Waals surface area (Å²) in [5, 5.41) is 4.89. The van der Waals surface area contributed by atoms with Gasteiger partial charge in [-0.15, -0.1) is 11.3 Å². The quantitative estimate of drug-likeness (QED) is 0.294. The van der Waals surface area contributed by atoms with E-state index in [-0.39, 0.29) is 0 Å². The van der Waals surface area contributed by atoms with E-state index in [0.29, 0.717) is 0 Å². The number of fused-ring (bicyclic) bond motifs is 8. The van der Waals surface area contributed by atoms with Crippen LogP contribution in [-0.2, 0) is 0 Å². The van der Waals surface area contributed by atoms with Crippen molar-refractivity contribution in [3.05, 3.63) is 91.3 Å². The fourth-order valence-electron chi connectivity index (χ4n) is 4.58. The Labute approximate surface area is 175 Å². The lowest BCUT2D eigenvalue weighted by atomic mass is 10.1. The highest BCUT2D eigenvalue weighted by Gasteiger charge is 2.18. The lowest BCUT2D eigenvalue weighted by Gasteiger charge is -2.09. The molecule has 3 aromatic carbocycles. The smallest absolute Gasteiger partial charge is 0.0963 e. The molecule has 4 heteroatoms. The molecule has 0 saturated heterocycles. The van der Waals surface area contributed by atoms with Crippen LogP contribution in [0.1, 0.15) is 0 Å². The second kappa shape index (κ2) is 5.88. The Kier molecular flexibility index (Phi) is 3.15. The Morgan fingerprint density at radius 1 is 0.733 bits per heavy atom. The van der Waals surface area contributed by atoms with Crippen LogP contribution in [0.4, 0.5) is 0 Å². The predicted molar refractivity (Wildman–Crippen MR) is 127 cm³/mol. The minimum absolute atomic E-state index is 1.01. The second-order valence-electron chi connectivity index (χ2n) is 7.53. The van der Waals surface area contributed by atoms with Crippen LogP contribution in [0.2, 0.25) is 0 Å². The number of rotatable bonds is 1. The number of nitrogens with zero attached hydrogens (tertiary/aromatic N) is 3. The molecule has 0 spiro atoms. The van der Waals surface area contributed by atoms with E-state index in [0.717, 1.165) is 27.6 Å². The highest BCUT2D eigenvalue weighted by Crippen LogP contribution is 2.42. The van der Waals surface area contributed by atoms with Gasteiger partial charge < -0.3 is 4.57 Å². The van der Waals surface area contributed by atoms with Crippen LogP contribution in [-0.4, -0.2) is 14.5 Å². The van der Waals surface area contributed by atoms with Crippen molar-refractivity contribution in [2.75, 3.05) is 0 Å². The Hall–Kier alpha value is -3.76. The van der Waals surface area contributed by atoms with Gasteiger partial charge in [-0.2, -0.15) is 0 Å². The Balaban J connectivity index is 1.74. The molecule has 0 bridgehead atoms. The minimum atomic E-state index is 1.01. The minimum Gasteiger partial charge on any atom is -0.305 e. The van der Waals surface area contributed by atoms with Crippen molar-refractivity contribution in [1.82, 2.24) is 14.5 Å². The van der Waals surface area contributed by atoms with Crippen molar-refractivity contribution in [2.24, 2.45) is 0 Å². The van der Waals surface area contributed by atoms with Gasteiger partial charge in [-0.1, -0.05) is 36.4 Å². The van der Waals surface area contributed by atoms with Crippen molar-refractivity contribution < 1.29 is 0 Å². The standard InChI is InChI=1S/C26H15N3S/c1-3-8-20-16(6-1)14-17(15-28-20)29-21-9-5-13-27-25(21)19-11-12-23-24(26(19)29)18-7-2-4-10-22(18)30-23/h1-15H. The van der Waals surface area contributed by atoms with E-state index in [2.05, 4.69) is 71.3 Å². The summed E-state index contributed by atoms with van der Waals surface area (Å²) in [5.74, 6) is 0. The molecule has 0 aliphatic rings. The van der Waals surface area contributed by atoms with Gasteiger partial charge in [0.1, 0.15) is 0 Å². The summed E-state index contributed by atoms with van der Waals surface area (Å²) < 4.78 is 4.93. The number of aromatic nitrogens is 3. The van der Waals surface area contributed by atoms with Crippen molar-refractivity contribution >= 4 is 64.3 Å². The maximum Gasteiger partial charge on any atom is 0.0963 e. The number of para-hydroxylation sites is 1. The lowest BCUT2D eigenvalue weighted by Crippen LogP contribution is -1.95. The van der Waals surface area contributed by atoms with Crippen LogP contribution >= 0.6 is 11.3 Å². The molecule has 140 valence electrons. The van der Waals surface area contributed by atoms with Gasteiger partial charge in [0.25, 0.3) is 0 Å². The average Bonchev–Trinajstić information content (AvgIpc) is 3.34. The average molecular weight is 401 g/mol. The van der Waals surface area contributed by atoms with Gasteiger partial charge in [-0.25, -0.2) is 0 Å². The predicted octanol–water partition coefficient (Wildman–Crippen LogP) is 7.09. The number of pyridine rings is 2. The van der Waals surface area contributed by atoms with Crippen LogP contribution in [0.5, 0.6) is 0 Å². The molecule has 0 aliphatic carbocycles. The molecule has 4 heterocycles. The summed E-state index contributed by atoms with van der Waals surface area (Å²) in [6.45, 7) is 0. The molecule has 30 heavy (non-hydrogen) atoms. The van der Waals surface area contributed by atoms with E-state index in [1.165, 1.54) is 31.1 Å². The third kappa shape index (κ3) is 2.09. The maximum absolute atomic E-state index is 4.75. The van der Waals surface area contributed by atoms with E-state index in [1.54, 1.807) is 0 Å². The molecule has 7 rings (SSSR count). The molecule has 0 N–H and O–H groups in total. The summed E-state index contributed by atoms with van der Waals surface area (Å²) in [6, 6.07) is 27.8. The Morgan fingerprint density at radius 3 is 2.63 bits per heavy atom. The number of hydrogen-bond donors (Lipinski definition) is 0. The molecule has 0 amide bonds. The first-order chi connectivity index (χ1) is 14.9. The van der Waals surface area contributed by atoms with E-state index in [9.17, 15) is 0 Å². The largest absolute Gasteiger partial charge is 0.305 e. The van der Waals surface area contributed by atoms with Gasteiger partial charge in [0.2, 0.25) is 0 Å². The van der Waals surface area contributed by atoms with Crippen LogP contribution in [0, 0.1) is 0 Å². The highest BCUT2D eigenvalue weighted by molar-refractivity contribution is 7.26. The van der Waals surface area contributed by atoms with E-state index >= 15 is 0 Å². The van der Waals surface area contributed by atoms with Crippen LogP contribution < -0.4 is 0 Å². The summed E-state index contributed by atoms with van der Waals surface area (Å²) in [4.78, 5) is 9.49. The van der Waals surface area contributed by atoms with Gasteiger partial charge in [-0.05, 0) is 42.5 Å². The topological polar surface area (TPSA) is 30.7 Å². The third-order valence-corrected chi connectivity index (χ3v) is 6.99. The molecule has 0 saturated carbocycles. The van der Waals surface area contributed by atoms with Crippen molar-refractivity contribution in [3.63, 3.8) is 0 Å². The van der Waals surface area contributed by atoms with Crippen molar-refractivity contribution in [1.29, 1.82) is 0 Å². The van der Waals surface area contributed by atoms with Gasteiger partial charge in [0.05, 0.1) is 34.0 Å². The third-order valence-electron chi connectivity index (χ3n) is 5.86. The van der Waals surface area contributed by atoms with Gasteiger partial charge in [0, 0.05) is 37.1 Å². The fraction of sp³-hybridized carbons (Fsp3) is 0. The van der Waals surface area contributed by atoms with Crippen LogP contribution in [0.15, 0.2) is 91.3 Å². The SMILES string of the molecule is c1ccc2ncc(-n3c4cccnc4c4ccc5sc6ccccc6c5c43)cc2c1. The van der Waals surface area contributed by atoms with E-state index < -0.39 is 0 Å². The summed E-state index contributed by atoms with van der Waals surface area (Å²) in [5.41, 5.74) is 5.40. The normalized spacial score (nSPS) is 12.0. The number of benzene rings is 3. The second-order valence-corrected chi connectivity index (χ2v) is 8.61. The molecular weight excluding hydrogens is 386 g/mol. The number of thiophene rings is 1. The fourth-order valence-corrected chi connectivity index (χ4v) is 5.69.